The molecule has 0 spiro atoms. The third kappa shape index (κ3) is 21.5. The fourth-order valence-corrected chi connectivity index (χ4v) is 9.81. The number of H-pyrrole nitrogens is 1. The average molecular weight is 1230 g/mol. The van der Waals surface area contributed by atoms with Crippen LogP contribution in [0, 0.1) is 11.3 Å². The molecule has 30 heteroatoms. The highest BCUT2D eigenvalue weighted by atomic mass is 16.3. The molecule has 0 bridgehead atoms. The van der Waals surface area contributed by atoms with Gasteiger partial charge in [-0.2, -0.15) is 0 Å². The van der Waals surface area contributed by atoms with E-state index >= 15 is 0 Å². The van der Waals surface area contributed by atoms with Gasteiger partial charge in [0.2, 0.25) is 47.3 Å². The van der Waals surface area contributed by atoms with E-state index < -0.39 is 132 Å². The maximum atomic E-state index is 14.1. The van der Waals surface area contributed by atoms with Crippen molar-refractivity contribution < 1.29 is 68.4 Å². The van der Waals surface area contributed by atoms with Crippen LogP contribution in [-0.4, -0.2) is 182 Å². The summed E-state index contributed by atoms with van der Waals surface area (Å²) in [5.41, 5.74) is 18.2. The number of nitrogens with two attached hydrogens (primary N) is 2. The molecule has 0 saturated carbocycles. The predicted molar refractivity (Wildman–Crippen MR) is 320 cm³/mol. The largest absolute Gasteiger partial charge is 0.508 e. The smallest absolute Gasteiger partial charge is 0.334 e. The first-order valence-electron chi connectivity index (χ1n) is 28.7. The number of aliphatic hydroxyl groups is 3. The van der Waals surface area contributed by atoms with Crippen LogP contribution in [0.1, 0.15) is 76.5 Å². The van der Waals surface area contributed by atoms with Crippen LogP contribution < -0.4 is 70.2 Å². The van der Waals surface area contributed by atoms with E-state index in [1.54, 1.807) is 62.5 Å². The van der Waals surface area contributed by atoms with Crippen molar-refractivity contribution in [1.29, 1.82) is 5.41 Å². The average Bonchev–Trinajstić information content (AvgIpc) is 2.76. The van der Waals surface area contributed by atoms with Crippen molar-refractivity contribution in [3.05, 3.63) is 102 Å². The van der Waals surface area contributed by atoms with Gasteiger partial charge >= 0.3 is 6.03 Å². The number of phenolic OH excluding ortho intramolecular Hbond substituents is 1. The number of fused-ring (bicyclic) bond motifs is 1. The van der Waals surface area contributed by atoms with Crippen molar-refractivity contribution in [1.82, 2.24) is 68.6 Å². The van der Waals surface area contributed by atoms with Crippen LogP contribution in [0.5, 0.6) is 5.75 Å². The summed E-state index contributed by atoms with van der Waals surface area (Å²) in [4.78, 5) is 141. The van der Waals surface area contributed by atoms with E-state index in [0.29, 0.717) is 16.7 Å². The van der Waals surface area contributed by atoms with Crippen LogP contribution in [-0.2, 0) is 62.4 Å². The number of phenols is 1. The molecular weight excluding hydrogens is 1140 g/mol. The summed E-state index contributed by atoms with van der Waals surface area (Å²) in [6.45, 7) is 5.90. The van der Waals surface area contributed by atoms with Crippen LogP contribution in [0.4, 0.5) is 4.79 Å². The number of hydrogen-bond donors (Lipinski definition) is 19. The van der Waals surface area contributed by atoms with E-state index in [-0.39, 0.29) is 75.7 Å². The molecule has 0 aliphatic carbocycles. The Morgan fingerprint density at radius 3 is 1.93 bits per heavy atom. The number of carbonyl (C=O) groups excluding carboxylic acids is 10. The molecule has 478 valence electrons. The summed E-state index contributed by atoms with van der Waals surface area (Å²) in [5.74, 6) is -8.89. The number of guanidine groups is 1. The molecular formula is C58H82N16O14. The van der Waals surface area contributed by atoms with Gasteiger partial charge < -0.3 is 84.3 Å². The summed E-state index contributed by atoms with van der Waals surface area (Å²) in [5, 5.41) is 73.4. The lowest BCUT2D eigenvalue weighted by Crippen LogP contribution is -2.62. The lowest BCUT2D eigenvalue weighted by Gasteiger charge is -2.30. The number of aromatic nitrogens is 1. The first-order valence-corrected chi connectivity index (χ1v) is 28.7. The monoisotopic (exact) mass is 1230 g/mol. The summed E-state index contributed by atoms with van der Waals surface area (Å²) >= 11 is 0. The molecule has 1 unspecified atom stereocenters. The number of likely N-dealkylation sites (tertiary alicyclic amines) is 1. The second-order valence-corrected chi connectivity index (χ2v) is 21.9. The number of aliphatic hydroxyl groups excluding tert-OH is 3. The number of nitrogens with zero attached hydrogens (tertiary/aromatic N) is 1. The number of β-amino-alcohol motifs (C(OH)–C–C–N with tert-alkyl or cyclic N) is 1. The molecule has 5 rings (SSSR count). The maximum absolute atomic E-state index is 14.1. The fraction of sp³-hybridized carbons (Fsp3) is 0.466. The maximum Gasteiger partial charge on any atom is 0.334 e. The minimum atomic E-state index is -1.89. The molecule has 1 aliphatic heterocycles. The molecule has 11 atom stereocenters. The minimum absolute atomic E-state index is 0.000277. The molecule has 30 nitrogen and oxygen atoms in total. The summed E-state index contributed by atoms with van der Waals surface area (Å²) in [6, 6.07) is 8.69. The highest BCUT2D eigenvalue weighted by Crippen LogP contribution is 2.23. The molecule has 1 fully saturated rings. The van der Waals surface area contributed by atoms with Gasteiger partial charge in [-0.25, -0.2) is 10.2 Å². The molecule has 2 heterocycles. The molecule has 21 N–H and O–H groups in total. The lowest BCUT2D eigenvalue weighted by atomic mass is 10.0. The number of hydrazine groups is 1. The van der Waals surface area contributed by atoms with Gasteiger partial charge in [-0.1, -0.05) is 74.5 Å². The molecule has 11 amide bonds. The first kappa shape index (κ1) is 69.4. The van der Waals surface area contributed by atoms with E-state index in [1.807, 2.05) is 24.3 Å². The third-order valence-corrected chi connectivity index (χ3v) is 14.2. The van der Waals surface area contributed by atoms with E-state index in [9.17, 15) is 68.4 Å². The number of nitrogens with one attached hydrogen (secondary N) is 13. The van der Waals surface area contributed by atoms with Crippen LogP contribution in [0.2, 0.25) is 0 Å². The van der Waals surface area contributed by atoms with Crippen molar-refractivity contribution in [3.63, 3.8) is 0 Å². The Bertz CT molecular complexity index is 3070. The zero-order valence-corrected chi connectivity index (χ0v) is 49.6. The van der Waals surface area contributed by atoms with Gasteiger partial charge in [-0.3, -0.25) is 59.3 Å². The lowest BCUT2D eigenvalue weighted by molar-refractivity contribution is -0.142. The first-order chi connectivity index (χ1) is 41.7. The van der Waals surface area contributed by atoms with E-state index in [0.717, 1.165) is 22.7 Å². The number of aromatic amines is 1. The molecule has 1 aliphatic rings. The van der Waals surface area contributed by atoms with Crippen molar-refractivity contribution in [2.45, 2.75) is 146 Å². The normalized spacial score (nSPS) is 16.8. The number of para-hydroxylation sites is 1. The van der Waals surface area contributed by atoms with Gasteiger partial charge in [0.1, 0.15) is 54.3 Å². The Labute approximate surface area is 507 Å². The van der Waals surface area contributed by atoms with E-state index in [4.69, 9.17) is 16.9 Å². The van der Waals surface area contributed by atoms with E-state index in [1.165, 1.54) is 26.1 Å². The van der Waals surface area contributed by atoms with Crippen LogP contribution in [0.3, 0.4) is 0 Å². The topological polar surface area (TPSA) is 479 Å². The molecule has 1 aromatic heterocycles. The standard InChI is InChI=1S/C58H82N16O14/c1-30(2)22-42(51(82)66-40(16-11-21-63-57(61)62-5)50(81)67-41(49(60)80)25-35-28-64-39-15-10-9-14-38(35)39)70-58(88)73-72-53(84)43(23-33-12-7-6-8-13-33)69-55(86)48(31(3)75)71-52(83)44(27-47(59)79)68-54(85)46-26-37(78)29-74(46)56(87)45(65-32(4)76)24-34-17-19-36(77)20-18-34/h6-10,12-15,17-20,28,30-32,37,40-46,48,64-65,75-78H,11,16,21-27,29H2,1-5H3,(H2,59,79)(H2,60,80)(H,66,82)(H,67,81)(H,68,85)(H,69,86)(H,71,83)(H,72,84)(H3,61,62,63)(H2,70,73,88)/t31-,32?,37-,40+,41+,42+,43+,44+,45-,46+,48+/m1/s1. The van der Waals surface area contributed by atoms with Gasteiger partial charge in [0.05, 0.1) is 24.7 Å². The number of amides is 11. The quantitative estimate of drug-likeness (QED) is 0.00768. The Hall–Kier alpha value is -9.39. The van der Waals surface area contributed by atoms with Crippen LogP contribution in [0.25, 0.3) is 10.9 Å². The molecule has 0 radical (unpaired) electrons. The Balaban J connectivity index is 1.27. The third-order valence-electron chi connectivity index (χ3n) is 14.2. The van der Waals surface area contributed by atoms with Gasteiger partial charge in [0.15, 0.2) is 5.96 Å². The predicted octanol–water partition coefficient (Wildman–Crippen LogP) is -3.41. The second kappa shape index (κ2) is 33.5. The van der Waals surface area contributed by atoms with Crippen molar-refractivity contribution >= 4 is 76.1 Å². The van der Waals surface area contributed by atoms with Gasteiger partial charge in [-0.15, -0.1) is 0 Å². The summed E-state index contributed by atoms with van der Waals surface area (Å²) in [7, 11) is 1.54. The Kier molecular flexibility index (Phi) is 26.4. The zero-order valence-electron chi connectivity index (χ0n) is 49.6. The number of benzene rings is 3. The van der Waals surface area contributed by atoms with Gasteiger partial charge in [-0.05, 0) is 80.3 Å². The highest BCUT2D eigenvalue weighted by Gasteiger charge is 2.43. The number of primary amides is 2. The summed E-state index contributed by atoms with van der Waals surface area (Å²) in [6.07, 6.45) is -3.57. The molecule has 3 aromatic carbocycles. The molecule has 4 aromatic rings. The summed E-state index contributed by atoms with van der Waals surface area (Å²) < 4.78 is 0. The highest BCUT2D eigenvalue weighted by molar-refractivity contribution is 5.99. The van der Waals surface area contributed by atoms with Crippen molar-refractivity contribution in [2.24, 2.45) is 17.4 Å². The Morgan fingerprint density at radius 2 is 1.30 bits per heavy atom. The van der Waals surface area contributed by atoms with Gasteiger partial charge in [0.25, 0.3) is 5.91 Å². The van der Waals surface area contributed by atoms with Gasteiger partial charge in [0, 0.05) is 56.5 Å². The number of hydrogen-bond acceptors (Lipinski definition) is 16. The van der Waals surface area contributed by atoms with E-state index in [2.05, 4.69) is 63.7 Å². The SMILES string of the molecule is CNC(=N)NCCC[C@H](NC(=O)[C@H](CC(C)C)NC(=O)NNC(=O)[C@H](Cc1ccccc1)NC(=O)[C@@H](NC(=O)[C@H](CC(N)=O)NC(=O)[C@@H]1C[C@@H](O)CN1C(=O)[C@@H](Cc1ccc(O)cc1)NC(C)O)[C@@H](C)O)C(=O)N[C@@H](Cc1c[nH]c2ccccc12)C(N)=O. The second-order valence-electron chi connectivity index (χ2n) is 21.9. The number of urea groups is 1. The van der Waals surface area contributed by atoms with Crippen molar-refractivity contribution in [3.8, 4) is 5.75 Å². The molecule has 88 heavy (non-hydrogen) atoms. The number of carbonyl (C=O) groups is 10. The number of aromatic hydroxyl groups is 1. The van der Waals surface area contributed by atoms with Crippen LogP contribution in [0.15, 0.2) is 85.1 Å². The number of rotatable bonds is 31. The van der Waals surface area contributed by atoms with Crippen molar-refractivity contribution in [2.75, 3.05) is 20.1 Å². The zero-order chi connectivity index (χ0) is 64.8. The fourth-order valence-electron chi connectivity index (χ4n) is 9.81. The minimum Gasteiger partial charge on any atom is -0.508 e. The van der Waals surface area contributed by atoms with Crippen LogP contribution >= 0.6 is 0 Å². The Morgan fingerprint density at radius 1 is 0.682 bits per heavy atom. The molecule has 1 saturated heterocycles.